The number of carbonyl (C=O) groups excluding carboxylic acids is 2. The van der Waals surface area contributed by atoms with E-state index < -0.39 is 26.5 Å². The lowest BCUT2D eigenvalue weighted by molar-refractivity contribution is -0.147. The quantitative estimate of drug-likeness (QED) is 0.0245. The van der Waals surface area contributed by atoms with Gasteiger partial charge in [0.2, 0.25) is 5.91 Å². The number of allylic oxidation sites excluding steroid dienone is 10. The fraction of sp³-hybridized carbons (Fsp3) is 0.721. The number of aliphatic hydroxyl groups is 1. The number of hydrogen-bond acceptors (Lipinski definition) is 7. The van der Waals surface area contributed by atoms with E-state index in [2.05, 4.69) is 79.9 Å². The molecule has 3 N–H and O–H groups in total. The minimum Gasteiger partial charge on any atom is -0.463 e. The van der Waals surface area contributed by atoms with E-state index in [1.165, 1.54) is 51.4 Å². The number of aliphatic hydroxyl groups excluding tert-OH is 1. The van der Waals surface area contributed by atoms with E-state index in [1.807, 2.05) is 0 Å². The number of hydrogen-bond donors (Lipinski definition) is 3. The predicted molar refractivity (Wildman–Crippen MR) is 220 cm³/mol. The first-order chi connectivity index (χ1) is 25.8. The van der Waals surface area contributed by atoms with E-state index in [0.717, 1.165) is 83.5 Å². The lowest BCUT2D eigenvalue weighted by atomic mass is 10.1. The molecule has 0 radical (unpaired) electrons. The van der Waals surface area contributed by atoms with Crippen LogP contribution < -0.4 is 5.32 Å². The Hall–Kier alpha value is -2.29. The molecule has 0 bridgehead atoms. The molecular weight excluding hydrogens is 689 g/mol. The third kappa shape index (κ3) is 40.7. The molecule has 2 unspecified atom stereocenters. The average molecular weight is 766 g/mol. The van der Waals surface area contributed by atoms with Crippen LogP contribution in [0, 0.1) is 0 Å². The summed E-state index contributed by atoms with van der Waals surface area (Å²) in [7, 11) is -4.42. The standard InChI is InChI=1S/C43H76NO8P/c1-3-5-7-9-11-13-15-17-19-20-22-23-25-27-29-31-33-35-42(46)44-37-38-51-53(48,49)52-40-41(45)39-50-43(47)36-34-32-30-28-26-24-21-18-16-14-12-10-8-6-4-2/h6,8,11-14,17-19,21,41,45H,3-5,7,9-10,15-16,20,22-40H2,1-2H3,(H,44,46)(H,48,49)/b8-6-,13-11-,14-12-,19-17-,21-18-. The van der Waals surface area contributed by atoms with Crippen molar-refractivity contribution < 1.29 is 37.9 Å². The third-order valence-corrected chi connectivity index (χ3v) is 9.42. The van der Waals surface area contributed by atoms with Gasteiger partial charge in [0, 0.05) is 19.4 Å². The molecule has 0 aromatic rings. The topological polar surface area (TPSA) is 131 Å². The van der Waals surface area contributed by atoms with E-state index in [1.54, 1.807) is 0 Å². The molecule has 0 rings (SSSR count). The Bertz CT molecular complexity index is 1050. The highest BCUT2D eigenvalue weighted by Gasteiger charge is 2.23. The van der Waals surface area contributed by atoms with E-state index in [-0.39, 0.29) is 32.1 Å². The molecule has 306 valence electrons. The largest absolute Gasteiger partial charge is 0.472 e. The van der Waals surface area contributed by atoms with Crippen LogP contribution in [0.1, 0.15) is 168 Å². The lowest BCUT2D eigenvalue weighted by Gasteiger charge is -2.15. The summed E-state index contributed by atoms with van der Waals surface area (Å²) < 4.78 is 26.8. The molecule has 0 spiro atoms. The minimum atomic E-state index is -4.42. The molecule has 0 aliphatic carbocycles. The van der Waals surface area contributed by atoms with Crippen molar-refractivity contribution in [2.24, 2.45) is 0 Å². The summed E-state index contributed by atoms with van der Waals surface area (Å²) in [6, 6.07) is 0. The van der Waals surface area contributed by atoms with E-state index in [9.17, 15) is 24.2 Å². The molecule has 0 saturated carbocycles. The van der Waals surface area contributed by atoms with Gasteiger partial charge in [-0.2, -0.15) is 0 Å². The Kier molecular flexibility index (Phi) is 37.7. The van der Waals surface area contributed by atoms with Gasteiger partial charge >= 0.3 is 13.8 Å². The van der Waals surface area contributed by atoms with Crippen molar-refractivity contribution in [2.45, 2.75) is 174 Å². The smallest absolute Gasteiger partial charge is 0.463 e. The second-order valence-corrected chi connectivity index (χ2v) is 15.0. The van der Waals surface area contributed by atoms with Crippen molar-refractivity contribution in [2.75, 3.05) is 26.4 Å². The molecule has 9 nitrogen and oxygen atoms in total. The van der Waals surface area contributed by atoms with Gasteiger partial charge in [-0.15, -0.1) is 0 Å². The predicted octanol–water partition coefficient (Wildman–Crippen LogP) is 11.3. The molecule has 0 aliphatic rings. The van der Waals surface area contributed by atoms with Gasteiger partial charge in [0.25, 0.3) is 0 Å². The maximum atomic E-state index is 12.1. The number of phosphoric acid groups is 1. The number of amides is 1. The highest BCUT2D eigenvalue weighted by molar-refractivity contribution is 7.47. The van der Waals surface area contributed by atoms with E-state index >= 15 is 0 Å². The van der Waals surface area contributed by atoms with E-state index in [4.69, 9.17) is 13.8 Å². The van der Waals surface area contributed by atoms with Crippen LogP contribution >= 0.6 is 7.82 Å². The molecule has 53 heavy (non-hydrogen) atoms. The van der Waals surface area contributed by atoms with Gasteiger partial charge in [0.05, 0.1) is 13.2 Å². The van der Waals surface area contributed by atoms with Crippen molar-refractivity contribution in [3.05, 3.63) is 60.8 Å². The third-order valence-electron chi connectivity index (χ3n) is 8.43. The number of nitrogens with one attached hydrogen (secondary N) is 1. The molecule has 10 heteroatoms. The summed E-state index contributed by atoms with van der Waals surface area (Å²) in [6.45, 7) is 3.37. The Labute approximate surface area is 323 Å². The highest BCUT2D eigenvalue weighted by Crippen LogP contribution is 2.42. The van der Waals surface area contributed by atoms with Crippen LogP contribution in [0.4, 0.5) is 0 Å². The average Bonchev–Trinajstić information content (AvgIpc) is 3.14. The second-order valence-electron chi connectivity index (χ2n) is 13.6. The molecule has 0 aliphatic heterocycles. The number of unbranched alkanes of at least 4 members (excludes halogenated alkanes) is 15. The van der Waals surface area contributed by atoms with Gasteiger partial charge < -0.3 is 20.1 Å². The number of esters is 1. The zero-order valence-corrected chi connectivity index (χ0v) is 34.3. The molecular formula is C43H76NO8P. The van der Waals surface area contributed by atoms with Crippen LogP contribution in [0.3, 0.4) is 0 Å². The molecule has 0 aromatic heterocycles. The molecule has 0 fully saturated rings. The van der Waals surface area contributed by atoms with Crippen molar-refractivity contribution in [1.29, 1.82) is 0 Å². The first-order valence-electron chi connectivity index (χ1n) is 20.8. The first-order valence-corrected chi connectivity index (χ1v) is 22.3. The molecule has 0 saturated heterocycles. The normalized spacial score (nSPS) is 14.0. The number of rotatable bonds is 38. The van der Waals surface area contributed by atoms with Crippen LogP contribution in [0.15, 0.2) is 60.8 Å². The number of carbonyl (C=O) groups is 2. The second kappa shape index (κ2) is 39.4. The van der Waals surface area contributed by atoms with Crippen molar-refractivity contribution >= 4 is 19.7 Å². The summed E-state index contributed by atoms with van der Waals surface area (Å²) in [5.74, 6) is -0.546. The zero-order chi connectivity index (χ0) is 38.9. The van der Waals surface area contributed by atoms with Crippen molar-refractivity contribution in [3.63, 3.8) is 0 Å². The first kappa shape index (κ1) is 50.7. The van der Waals surface area contributed by atoms with Gasteiger partial charge in [-0.1, -0.05) is 139 Å². The fourth-order valence-electron chi connectivity index (χ4n) is 5.31. The van der Waals surface area contributed by atoms with Crippen LogP contribution in [0.5, 0.6) is 0 Å². The van der Waals surface area contributed by atoms with Crippen LogP contribution in [0.25, 0.3) is 0 Å². The Balaban J connectivity index is 3.65. The van der Waals surface area contributed by atoms with Gasteiger partial charge in [-0.05, 0) is 77.0 Å². The molecule has 2 atom stereocenters. The van der Waals surface area contributed by atoms with E-state index in [0.29, 0.717) is 12.8 Å². The van der Waals surface area contributed by atoms with Gasteiger partial charge in [0.15, 0.2) is 0 Å². The van der Waals surface area contributed by atoms with Gasteiger partial charge in [-0.3, -0.25) is 18.6 Å². The Morgan fingerprint density at radius 2 is 1.08 bits per heavy atom. The number of ether oxygens (including phenoxy) is 1. The SMILES string of the molecule is CC/C=C\C/C=C\C/C=C\CCCCCCCC(=O)OCC(O)COP(=O)(O)OCCNC(=O)CCCCCCCCC/C=C\C/C=C\CCCCC. The van der Waals surface area contributed by atoms with Crippen LogP contribution in [0.2, 0.25) is 0 Å². The monoisotopic (exact) mass is 766 g/mol. The molecule has 1 amide bonds. The summed E-state index contributed by atoms with van der Waals surface area (Å²) in [5.41, 5.74) is 0. The summed E-state index contributed by atoms with van der Waals surface area (Å²) >= 11 is 0. The summed E-state index contributed by atoms with van der Waals surface area (Å²) in [5, 5.41) is 12.7. The van der Waals surface area contributed by atoms with Crippen LogP contribution in [-0.4, -0.2) is 54.3 Å². The molecule has 0 aromatic carbocycles. The number of phosphoric ester groups is 1. The van der Waals surface area contributed by atoms with Crippen molar-refractivity contribution in [3.8, 4) is 0 Å². The molecule has 0 heterocycles. The van der Waals surface area contributed by atoms with Gasteiger partial charge in [0.1, 0.15) is 12.7 Å². The highest BCUT2D eigenvalue weighted by atomic mass is 31.2. The maximum Gasteiger partial charge on any atom is 0.472 e. The van der Waals surface area contributed by atoms with Crippen LogP contribution in [-0.2, 0) is 27.9 Å². The lowest BCUT2D eigenvalue weighted by Crippen LogP contribution is -2.27. The van der Waals surface area contributed by atoms with Gasteiger partial charge in [-0.25, -0.2) is 4.57 Å². The zero-order valence-electron chi connectivity index (χ0n) is 33.4. The fourth-order valence-corrected chi connectivity index (χ4v) is 6.06. The Morgan fingerprint density at radius 1 is 0.604 bits per heavy atom. The summed E-state index contributed by atoms with van der Waals surface area (Å²) in [4.78, 5) is 33.9. The minimum absolute atomic E-state index is 0.0725. The van der Waals surface area contributed by atoms with Crippen molar-refractivity contribution in [1.82, 2.24) is 5.32 Å². The maximum absolute atomic E-state index is 12.1. The Morgan fingerprint density at radius 3 is 1.62 bits per heavy atom. The summed E-state index contributed by atoms with van der Waals surface area (Å²) in [6.07, 6.45) is 45.7.